The van der Waals surface area contributed by atoms with Gasteiger partial charge < -0.3 is 9.83 Å². The lowest BCUT2D eigenvalue weighted by Crippen LogP contribution is -2.31. The topological polar surface area (TPSA) is 49.2 Å². The van der Waals surface area contributed by atoms with E-state index in [9.17, 15) is 5.02 Å². The van der Waals surface area contributed by atoms with E-state index in [1.165, 1.54) is 0 Å². The summed E-state index contributed by atoms with van der Waals surface area (Å²) in [5, 5.41) is 9.92. The molecule has 74 valence electrons. The number of hydrogen-bond donors (Lipinski definition) is 1. The van der Waals surface area contributed by atoms with Crippen molar-refractivity contribution in [1.82, 2.24) is 14.8 Å². The van der Waals surface area contributed by atoms with Crippen LogP contribution in [0.5, 0.6) is 0 Å². The van der Waals surface area contributed by atoms with Crippen LogP contribution in [0.25, 0.3) is 0 Å². The first-order valence-electron chi connectivity index (χ1n) is 4.21. The first kappa shape index (κ1) is 10.2. The third-order valence-electron chi connectivity index (χ3n) is 2.26. The first-order chi connectivity index (χ1) is 6.58. The lowest BCUT2D eigenvalue weighted by Gasteiger charge is -2.13. The number of hydrogen-bond acceptors (Lipinski definition) is 4. The molecule has 0 amide bonds. The Labute approximate surface area is 92.0 Å². The molecular formula is C7H8BCl2N3O. The van der Waals surface area contributed by atoms with Gasteiger partial charge in [-0.3, -0.25) is 0 Å². The monoisotopic (exact) mass is 231 g/mol. The van der Waals surface area contributed by atoms with Gasteiger partial charge in [-0.15, -0.1) is 0 Å². The van der Waals surface area contributed by atoms with E-state index in [4.69, 9.17) is 23.2 Å². The minimum atomic E-state index is -0.515. The van der Waals surface area contributed by atoms with E-state index in [0.717, 1.165) is 11.3 Å². The molecule has 2 heterocycles. The standard InChI is InChI=1S/C7H8BCl2N3O/c1-8(14)13-2-4-5(3-13)11-7(10)12-6(4)9/h14H,2-3H2,1H3. The lowest BCUT2D eigenvalue weighted by molar-refractivity contribution is 0.379. The van der Waals surface area contributed by atoms with Gasteiger partial charge in [0.25, 0.3) is 0 Å². The van der Waals surface area contributed by atoms with Gasteiger partial charge in [0.1, 0.15) is 5.15 Å². The maximum atomic E-state index is 9.39. The molecule has 1 aliphatic heterocycles. The molecule has 2 rings (SSSR count). The highest BCUT2D eigenvalue weighted by Crippen LogP contribution is 2.27. The van der Waals surface area contributed by atoms with E-state index in [2.05, 4.69) is 9.97 Å². The van der Waals surface area contributed by atoms with Gasteiger partial charge in [-0.25, -0.2) is 9.97 Å². The molecule has 0 aliphatic carbocycles. The normalized spacial score (nSPS) is 15.7. The van der Waals surface area contributed by atoms with Crippen molar-refractivity contribution in [1.29, 1.82) is 0 Å². The summed E-state index contributed by atoms with van der Waals surface area (Å²) in [5.74, 6) is 0. The molecule has 4 nitrogen and oxygen atoms in total. The molecule has 1 aliphatic rings. The molecule has 0 bridgehead atoms. The van der Waals surface area contributed by atoms with Gasteiger partial charge in [-0.05, 0) is 18.4 Å². The molecule has 0 unspecified atom stereocenters. The highest BCUT2D eigenvalue weighted by Gasteiger charge is 2.28. The van der Waals surface area contributed by atoms with Gasteiger partial charge in [0, 0.05) is 18.7 Å². The zero-order chi connectivity index (χ0) is 10.3. The Balaban J connectivity index is 2.35. The Hall–Kier alpha value is -0.355. The summed E-state index contributed by atoms with van der Waals surface area (Å²) in [6.07, 6.45) is 0. The van der Waals surface area contributed by atoms with Crippen LogP contribution in [-0.2, 0) is 13.1 Å². The van der Waals surface area contributed by atoms with Crippen molar-refractivity contribution in [3.8, 4) is 0 Å². The molecule has 0 aromatic carbocycles. The quantitative estimate of drug-likeness (QED) is 0.449. The van der Waals surface area contributed by atoms with Gasteiger partial charge in [0.2, 0.25) is 5.28 Å². The molecule has 7 heteroatoms. The van der Waals surface area contributed by atoms with Crippen LogP contribution < -0.4 is 0 Å². The summed E-state index contributed by atoms with van der Waals surface area (Å²) >= 11 is 11.6. The predicted octanol–water partition coefficient (Wildman–Crippen LogP) is 1.21. The van der Waals surface area contributed by atoms with Crippen molar-refractivity contribution in [3.63, 3.8) is 0 Å². The highest BCUT2D eigenvalue weighted by atomic mass is 35.5. The molecule has 0 saturated carbocycles. The van der Waals surface area contributed by atoms with Crippen LogP contribution in [-0.4, -0.2) is 26.9 Å². The zero-order valence-electron chi connectivity index (χ0n) is 7.54. The number of halogens is 2. The van der Waals surface area contributed by atoms with Gasteiger partial charge in [-0.1, -0.05) is 11.6 Å². The maximum absolute atomic E-state index is 9.39. The van der Waals surface area contributed by atoms with Crippen molar-refractivity contribution in [2.24, 2.45) is 0 Å². The Morgan fingerprint density at radius 3 is 2.71 bits per heavy atom. The molecule has 0 atom stereocenters. The van der Waals surface area contributed by atoms with Crippen LogP contribution >= 0.6 is 23.2 Å². The number of aromatic nitrogens is 2. The van der Waals surface area contributed by atoms with Crippen LogP contribution in [0, 0.1) is 0 Å². The van der Waals surface area contributed by atoms with Crippen molar-refractivity contribution >= 4 is 30.3 Å². The largest absolute Gasteiger partial charge is 0.437 e. The Bertz CT molecular complexity index is 374. The lowest BCUT2D eigenvalue weighted by atomic mass is 9.86. The summed E-state index contributed by atoms with van der Waals surface area (Å²) < 4.78 is 0. The van der Waals surface area contributed by atoms with Crippen LogP contribution in [0.4, 0.5) is 0 Å². The Morgan fingerprint density at radius 1 is 1.36 bits per heavy atom. The molecule has 0 saturated heterocycles. The van der Waals surface area contributed by atoms with Gasteiger partial charge in [0.05, 0.1) is 5.69 Å². The Kier molecular flexibility index (Phi) is 2.66. The second kappa shape index (κ2) is 3.66. The smallest absolute Gasteiger partial charge is 0.377 e. The molecule has 1 aromatic rings. The SMILES string of the molecule is CB(O)N1Cc2nc(Cl)nc(Cl)c2C1. The second-order valence-electron chi connectivity index (χ2n) is 3.25. The van der Waals surface area contributed by atoms with Crippen molar-refractivity contribution in [2.45, 2.75) is 19.9 Å². The zero-order valence-corrected chi connectivity index (χ0v) is 9.05. The summed E-state index contributed by atoms with van der Waals surface area (Å²) in [6.45, 7) is 2.84. The summed E-state index contributed by atoms with van der Waals surface area (Å²) in [4.78, 5) is 9.75. The molecule has 1 N–H and O–H groups in total. The van der Waals surface area contributed by atoms with E-state index < -0.39 is 7.05 Å². The number of nitrogens with zero attached hydrogens (tertiary/aromatic N) is 3. The fraction of sp³-hybridized carbons (Fsp3) is 0.429. The van der Waals surface area contributed by atoms with Gasteiger partial charge in [0.15, 0.2) is 0 Å². The van der Waals surface area contributed by atoms with Crippen LogP contribution in [0.3, 0.4) is 0 Å². The average molecular weight is 232 g/mol. The predicted molar refractivity (Wildman–Crippen MR) is 55.1 cm³/mol. The molecule has 0 fully saturated rings. The number of fused-ring (bicyclic) bond motifs is 1. The van der Waals surface area contributed by atoms with E-state index in [1.807, 2.05) is 4.81 Å². The molecule has 14 heavy (non-hydrogen) atoms. The summed E-state index contributed by atoms with van der Waals surface area (Å²) in [5.41, 5.74) is 1.66. The van der Waals surface area contributed by atoms with Crippen LogP contribution in [0.15, 0.2) is 0 Å². The van der Waals surface area contributed by atoms with Crippen LogP contribution in [0.2, 0.25) is 17.3 Å². The van der Waals surface area contributed by atoms with Gasteiger partial charge in [-0.2, -0.15) is 0 Å². The van der Waals surface area contributed by atoms with E-state index in [-0.39, 0.29) is 5.28 Å². The van der Waals surface area contributed by atoms with Crippen molar-refractivity contribution < 1.29 is 5.02 Å². The minimum Gasteiger partial charge on any atom is -0.437 e. The minimum absolute atomic E-state index is 0.154. The molecule has 1 aromatic heterocycles. The number of rotatable bonds is 1. The third kappa shape index (κ3) is 1.73. The highest BCUT2D eigenvalue weighted by molar-refractivity contribution is 6.45. The van der Waals surface area contributed by atoms with Gasteiger partial charge >= 0.3 is 7.05 Å². The van der Waals surface area contributed by atoms with Crippen molar-refractivity contribution in [3.05, 3.63) is 21.7 Å². The molecule has 0 radical (unpaired) electrons. The fourth-order valence-corrected chi connectivity index (χ4v) is 1.95. The fourth-order valence-electron chi connectivity index (χ4n) is 1.47. The molecular weight excluding hydrogens is 224 g/mol. The Morgan fingerprint density at radius 2 is 2.07 bits per heavy atom. The second-order valence-corrected chi connectivity index (χ2v) is 3.94. The third-order valence-corrected chi connectivity index (χ3v) is 2.74. The molecule has 0 spiro atoms. The van der Waals surface area contributed by atoms with E-state index in [1.54, 1.807) is 6.82 Å². The van der Waals surface area contributed by atoms with E-state index >= 15 is 0 Å². The summed E-state index contributed by atoms with van der Waals surface area (Å²) in [6, 6.07) is 0. The summed E-state index contributed by atoms with van der Waals surface area (Å²) in [7, 11) is -0.515. The first-order valence-corrected chi connectivity index (χ1v) is 4.96. The van der Waals surface area contributed by atoms with E-state index in [0.29, 0.717) is 18.2 Å². The van der Waals surface area contributed by atoms with Crippen LogP contribution in [0.1, 0.15) is 11.3 Å². The van der Waals surface area contributed by atoms with Crippen molar-refractivity contribution in [2.75, 3.05) is 0 Å². The average Bonchev–Trinajstić information content (AvgIpc) is 2.47. The maximum Gasteiger partial charge on any atom is 0.377 e.